The number of aromatic amines is 1. The predicted molar refractivity (Wildman–Crippen MR) is 71.6 cm³/mol. The van der Waals surface area contributed by atoms with E-state index < -0.39 is 15.8 Å². The molecule has 108 valence electrons. The molecule has 0 saturated heterocycles. The molecular formula is C12H9N3O5S. The molecule has 2 N–H and O–H groups in total. The van der Waals surface area contributed by atoms with Crippen LogP contribution in [0.3, 0.4) is 0 Å². The van der Waals surface area contributed by atoms with Crippen LogP contribution in [0.4, 0.5) is 0 Å². The molecule has 1 aromatic heterocycles. The summed E-state index contributed by atoms with van der Waals surface area (Å²) in [5.74, 6) is 1.44. The first kappa shape index (κ1) is 14.5. The number of nitrogens with zero attached hydrogens (tertiary/aromatic N) is 2. The normalized spacial score (nSPS) is 10.5. The van der Waals surface area contributed by atoms with Crippen LogP contribution in [0.2, 0.25) is 0 Å². The number of rotatable bonds is 3. The van der Waals surface area contributed by atoms with Gasteiger partial charge in [-0.1, -0.05) is 11.1 Å². The summed E-state index contributed by atoms with van der Waals surface area (Å²) in [6.45, 7) is 0. The molecule has 0 radical (unpaired) electrons. The quantitative estimate of drug-likeness (QED) is 0.798. The van der Waals surface area contributed by atoms with E-state index in [1.54, 1.807) is 0 Å². The van der Waals surface area contributed by atoms with Crippen LogP contribution < -0.4 is 4.74 Å². The molecule has 21 heavy (non-hydrogen) atoms. The van der Waals surface area contributed by atoms with Crippen LogP contribution in [0.1, 0.15) is 16.1 Å². The number of carboxylic acids is 1. The Morgan fingerprint density at radius 3 is 2.57 bits per heavy atom. The van der Waals surface area contributed by atoms with Crippen molar-refractivity contribution in [3.8, 4) is 22.8 Å². The lowest BCUT2D eigenvalue weighted by Gasteiger charge is -2.02. The first-order valence-corrected chi connectivity index (χ1v) is 7.39. The first-order valence-electron chi connectivity index (χ1n) is 5.50. The van der Waals surface area contributed by atoms with Gasteiger partial charge in [0.05, 0.1) is 6.26 Å². The van der Waals surface area contributed by atoms with Gasteiger partial charge in [0.2, 0.25) is 15.5 Å². The summed E-state index contributed by atoms with van der Waals surface area (Å²) < 4.78 is 27.1. The van der Waals surface area contributed by atoms with Crippen molar-refractivity contribution in [3.05, 3.63) is 35.5 Å². The molecule has 0 fully saturated rings. The average Bonchev–Trinajstić information content (AvgIpc) is 2.85. The minimum atomic E-state index is -3.37. The number of benzene rings is 1. The summed E-state index contributed by atoms with van der Waals surface area (Å²) in [5, 5.41) is 20.0. The smallest absolute Gasteiger partial charge is 0.362 e. The fourth-order valence-corrected chi connectivity index (χ4v) is 1.61. The SMILES string of the molecule is CS(=O)(=O)C#Cc1ccc(Oc2[nH]nnc2C(=O)O)cc1. The van der Waals surface area contributed by atoms with Crippen molar-refractivity contribution in [2.75, 3.05) is 6.26 Å². The number of ether oxygens (including phenoxy) is 1. The van der Waals surface area contributed by atoms with Gasteiger partial charge in [-0.15, -0.1) is 5.10 Å². The summed E-state index contributed by atoms with van der Waals surface area (Å²) in [6.07, 6.45) is 1.01. The average molecular weight is 307 g/mol. The molecule has 0 aliphatic rings. The molecule has 1 heterocycles. The molecule has 0 amide bonds. The Kier molecular flexibility index (Phi) is 3.91. The second-order valence-corrected chi connectivity index (χ2v) is 5.67. The number of H-pyrrole nitrogens is 1. The Morgan fingerprint density at radius 1 is 1.33 bits per heavy atom. The van der Waals surface area contributed by atoms with Gasteiger partial charge < -0.3 is 9.84 Å². The maximum absolute atomic E-state index is 10.9. The van der Waals surface area contributed by atoms with Crippen LogP contribution >= 0.6 is 0 Å². The van der Waals surface area contributed by atoms with Gasteiger partial charge >= 0.3 is 5.97 Å². The second kappa shape index (κ2) is 5.64. The lowest BCUT2D eigenvalue weighted by molar-refractivity contribution is 0.0687. The van der Waals surface area contributed by atoms with E-state index in [9.17, 15) is 13.2 Å². The van der Waals surface area contributed by atoms with Crippen molar-refractivity contribution < 1.29 is 23.1 Å². The number of aromatic nitrogens is 3. The summed E-state index contributed by atoms with van der Waals surface area (Å²) in [7, 11) is -3.37. The van der Waals surface area contributed by atoms with Gasteiger partial charge in [-0.25, -0.2) is 18.3 Å². The molecule has 2 aromatic rings. The van der Waals surface area contributed by atoms with E-state index in [0.717, 1.165) is 6.26 Å². The molecule has 0 bridgehead atoms. The van der Waals surface area contributed by atoms with Crippen molar-refractivity contribution in [2.45, 2.75) is 0 Å². The maximum Gasteiger partial charge on any atom is 0.362 e. The van der Waals surface area contributed by atoms with E-state index >= 15 is 0 Å². The van der Waals surface area contributed by atoms with Crippen LogP contribution in [0, 0.1) is 11.2 Å². The zero-order valence-corrected chi connectivity index (χ0v) is 11.5. The van der Waals surface area contributed by atoms with Crippen molar-refractivity contribution in [1.29, 1.82) is 0 Å². The van der Waals surface area contributed by atoms with E-state index in [4.69, 9.17) is 9.84 Å². The highest BCUT2D eigenvalue weighted by atomic mass is 32.2. The van der Waals surface area contributed by atoms with Gasteiger partial charge in [0.1, 0.15) is 5.75 Å². The highest BCUT2D eigenvalue weighted by Gasteiger charge is 2.16. The highest BCUT2D eigenvalue weighted by Crippen LogP contribution is 2.21. The van der Waals surface area contributed by atoms with Crippen molar-refractivity contribution in [3.63, 3.8) is 0 Å². The monoisotopic (exact) mass is 307 g/mol. The lowest BCUT2D eigenvalue weighted by atomic mass is 10.2. The molecule has 9 heteroatoms. The zero-order valence-electron chi connectivity index (χ0n) is 10.7. The van der Waals surface area contributed by atoms with Crippen LogP contribution in [-0.2, 0) is 9.84 Å². The highest BCUT2D eigenvalue weighted by molar-refractivity contribution is 7.95. The Bertz CT molecular complexity index is 828. The third-order valence-corrected chi connectivity index (χ3v) is 2.65. The molecule has 0 atom stereocenters. The van der Waals surface area contributed by atoms with Crippen LogP contribution in [0.15, 0.2) is 24.3 Å². The summed E-state index contributed by atoms with van der Waals surface area (Å²) >= 11 is 0. The van der Waals surface area contributed by atoms with Gasteiger partial charge in [-0.2, -0.15) is 0 Å². The summed E-state index contributed by atoms with van der Waals surface area (Å²) in [6, 6.07) is 6.10. The standard InChI is InChI=1S/C12H9N3O5S/c1-21(18,19)7-6-8-2-4-9(5-3-8)20-11-10(12(16)17)13-15-14-11/h2-5H,1H3,(H,16,17)(H,13,14,15). The minimum absolute atomic E-state index is 0.0996. The third kappa shape index (κ3) is 4.05. The number of hydrogen-bond acceptors (Lipinski definition) is 6. The fraction of sp³-hybridized carbons (Fsp3) is 0.0833. The van der Waals surface area contributed by atoms with E-state index in [1.807, 2.05) is 0 Å². The molecule has 8 nitrogen and oxygen atoms in total. The zero-order chi connectivity index (χ0) is 15.5. The molecule has 0 saturated carbocycles. The molecule has 1 aromatic carbocycles. The van der Waals surface area contributed by atoms with Gasteiger partial charge in [0.15, 0.2) is 0 Å². The Hall–Kier alpha value is -2.86. The second-order valence-electron chi connectivity index (χ2n) is 3.92. The van der Waals surface area contributed by atoms with Crippen LogP contribution in [-0.4, -0.2) is 41.2 Å². The number of sulfone groups is 1. The van der Waals surface area contributed by atoms with E-state index in [0.29, 0.717) is 11.3 Å². The predicted octanol–water partition coefficient (Wildman–Crippen LogP) is 0.649. The Balaban J connectivity index is 2.18. The van der Waals surface area contributed by atoms with Crippen molar-refractivity contribution in [2.24, 2.45) is 0 Å². The largest absolute Gasteiger partial charge is 0.476 e. The molecular weight excluding hydrogens is 298 g/mol. The maximum atomic E-state index is 10.9. The Labute approximate surface area is 119 Å². The number of carboxylic acid groups (broad SMARTS) is 1. The fourth-order valence-electron chi connectivity index (χ4n) is 1.31. The summed E-state index contributed by atoms with van der Waals surface area (Å²) in [5.41, 5.74) is 0.143. The van der Waals surface area contributed by atoms with Gasteiger partial charge in [-0.05, 0) is 24.3 Å². The van der Waals surface area contributed by atoms with Gasteiger partial charge in [-0.3, -0.25) is 0 Å². The third-order valence-electron chi connectivity index (χ3n) is 2.17. The number of carbonyl (C=O) groups is 1. The van der Waals surface area contributed by atoms with Crippen molar-refractivity contribution in [1.82, 2.24) is 15.4 Å². The molecule has 0 spiro atoms. The first-order chi connectivity index (χ1) is 9.85. The van der Waals surface area contributed by atoms with E-state index in [-0.39, 0.29) is 11.6 Å². The number of aromatic carboxylic acids is 1. The van der Waals surface area contributed by atoms with Crippen LogP contribution in [0.25, 0.3) is 0 Å². The molecule has 0 aliphatic heterocycles. The molecule has 0 aliphatic carbocycles. The van der Waals surface area contributed by atoms with Crippen LogP contribution in [0.5, 0.6) is 11.6 Å². The summed E-state index contributed by atoms with van der Waals surface area (Å²) in [4.78, 5) is 10.8. The Morgan fingerprint density at radius 2 is 2.00 bits per heavy atom. The topological polar surface area (TPSA) is 122 Å². The lowest BCUT2D eigenvalue weighted by Crippen LogP contribution is -1.99. The van der Waals surface area contributed by atoms with E-state index in [2.05, 4.69) is 26.6 Å². The number of nitrogens with one attached hydrogen (secondary N) is 1. The number of hydrogen-bond donors (Lipinski definition) is 2. The van der Waals surface area contributed by atoms with Crippen molar-refractivity contribution >= 4 is 15.8 Å². The van der Waals surface area contributed by atoms with Gasteiger partial charge in [0, 0.05) is 10.8 Å². The molecule has 0 unspecified atom stereocenters. The minimum Gasteiger partial charge on any atom is -0.476 e. The van der Waals surface area contributed by atoms with E-state index in [1.165, 1.54) is 24.3 Å². The van der Waals surface area contributed by atoms with Gasteiger partial charge in [0.25, 0.3) is 5.88 Å². The molecule has 2 rings (SSSR count).